The molecule has 0 aliphatic heterocycles. The van der Waals surface area contributed by atoms with E-state index in [1.807, 2.05) is 66.9 Å². The van der Waals surface area contributed by atoms with Gasteiger partial charge in [-0.3, -0.25) is 9.36 Å². The second-order valence-electron chi connectivity index (χ2n) is 7.29. The Hall–Kier alpha value is -3.52. The molecule has 2 aromatic carbocycles. The number of hydrogen-bond donors (Lipinski definition) is 0. The number of furan rings is 1. The van der Waals surface area contributed by atoms with Crippen LogP contribution in [0.4, 0.5) is 0 Å². The smallest absolute Gasteiger partial charge is 0.192 e. The van der Waals surface area contributed by atoms with Crippen LogP contribution in [0.3, 0.4) is 0 Å². The molecule has 0 N–H and O–H groups in total. The van der Waals surface area contributed by atoms with Crippen molar-refractivity contribution in [2.75, 3.05) is 13.7 Å². The lowest BCUT2D eigenvalue weighted by atomic mass is 10.1. The molecule has 2 heterocycles. The number of carbonyl (C=O) groups excluding carboxylic acids is 1. The lowest BCUT2D eigenvalue weighted by Crippen LogP contribution is -2.15. The third-order valence-corrected chi connectivity index (χ3v) is 6.12. The molecule has 0 saturated carbocycles. The first kappa shape index (κ1) is 22.7. The van der Waals surface area contributed by atoms with Crippen molar-refractivity contribution in [3.05, 3.63) is 78.3 Å². The zero-order chi connectivity index (χ0) is 23.2. The average molecular weight is 464 g/mol. The normalized spacial score (nSPS) is 11.8. The Kier molecular flexibility index (Phi) is 7.14. The van der Waals surface area contributed by atoms with E-state index in [9.17, 15) is 4.79 Å². The predicted molar refractivity (Wildman–Crippen MR) is 127 cm³/mol. The van der Waals surface area contributed by atoms with Gasteiger partial charge in [0.25, 0.3) is 0 Å². The molecule has 7 nitrogen and oxygen atoms in total. The fraction of sp³-hybridized carbons (Fsp3) is 0.240. The summed E-state index contributed by atoms with van der Waals surface area (Å²) in [6.45, 7) is 4.83. The maximum atomic E-state index is 13.1. The first-order valence-electron chi connectivity index (χ1n) is 10.6. The molecule has 0 fully saturated rings. The molecule has 1 unspecified atom stereocenters. The summed E-state index contributed by atoms with van der Waals surface area (Å²) in [6.07, 6.45) is 1.63. The number of rotatable bonds is 10. The summed E-state index contributed by atoms with van der Waals surface area (Å²) in [5, 5.41) is 9.11. The van der Waals surface area contributed by atoms with Crippen LogP contribution in [0.15, 0.2) is 76.5 Å². The summed E-state index contributed by atoms with van der Waals surface area (Å²) in [7, 11) is 1.63. The first-order valence-corrected chi connectivity index (χ1v) is 11.5. The molecule has 170 valence electrons. The van der Waals surface area contributed by atoms with Crippen LogP contribution in [0.2, 0.25) is 0 Å². The highest BCUT2D eigenvalue weighted by Crippen LogP contribution is 2.30. The Morgan fingerprint density at radius 2 is 1.91 bits per heavy atom. The number of ether oxygens (including phenoxy) is 2. The van der Waals surface area contributed by atoms with E-state index >= 15 is 0 Å². The number of benzene rings is 2. The molecule has 1 atom stereocenters. The summed E-state index contributed by atoms with van der Waals surface area (Å²) in [5.41, 5.74) is 1.49. The lowest BCUT2D eigenvalue weighted by molar-refractivity contribution is 0.0994. The van der Waals surface area contributed by atoms with E-state index in [0.29, 0.717) is 29.7 Å². The number of Topliss-reactive ketones (excluding diaryl/α,β-unsaturated/α-hetero) is 1. The van der Waals surface area contributed by atoms with Crippen molar-refractivity contribution in [1.82, 2.24) is 14.8 Å². The first-order chi connectivity index (χ1) is 16.1. The molecular formula is C25H25N3O4S. The van der Waals surface area contributed by atoms with Crippen molar-refractivity contribution in [2.45, 2.75) is 30.8 Å². The summed E-state index contributed by atoms with van der Waals surface area (Å²) >= 11 is 1.37. The van der Waals surface area contributed by atoms with Gasteiger partial charge in [-0.2, -0.15) is 0 Å². The number of methoxy groups -OCH3 is 1. The van der Waals surface area contributed by atoms with Gasteiger partial charge in [-0.25, -0.2) is 0 Å². The molecule has 8 heteroatoms. The van der Waals surface area contributed by atoms with Crippen LogP contribution in [-0.2, 0) is 6.54 Å². The molecule has 4 aromatic rings. The molecular weight excluding hydrogens is 438 g/mol. The minimum absolute atomic E-state index is 0.0125. The van der Waals surface area contributed by atoms with Gasteiger partial charge in [-0.05, 0) is 62.4 Å². The fourth-order valence-corrected chi connectivity index (χ4v) is 4.31. The molecule has 0 spiro atoms. The highest BCUT2D eigenvalue weighted by atomic mass is 32.2. The lowest BCUT2D eigenvalue weighted by Gasteiger charge is -2.13. The van der Waals surface area contributed by atoms with Crippen molar-refractivity contribution in [3.63, 3.8) is 0 Å². The van der Waals surface area contributed by atoms with Gasteiger partial charge in [0.15, 0.2) is 16.8 Å². The monoisotopic (exact) mass is 463 g/mol. The van der Waals surface area contributed by atoms with Gasteiger partial charge in [0.2, 0.25) is 0 Å². The average Bonchev–Trinajstić information content (AvgIpc) is 3.50. The van der Waals surface area contributed by atoms with Crippen LogP contribution < -0.4 is 9.47 Å². The number of nitrogens with zero attached hydrogens (tertiary/aromatic N) is 3. The van der Waals surface area contributed by atoms with Gasteiger partial charge >= 0.3 is 0 Å². The van der Waals surface area contributed by atoms with Gasteiger partial charge in [0.1, 0.15) is 17.3 Å². The number of thioether (sulfide) groups is 1. The van der Waals surface area contributed by atoms with Crippen LogP contribution >= 0.6 is 11.8 Å². The third kappa shape index (κ3) is 5.28. The maximum Gasteiger partial charge on any atom is 0.192 e. The number of ketones is 1. The third-order valence-electron chi connectivity index (χ3n) is 5.04. The van der Waals surface area contributed by atoms with Crippen LogP contribution in [0.5, 0.6) is 11.5 Å². The van der Waals surface area contributed by atoms with Crippen molar-refractivity contribution in [1.29, 1.82) is 0 Å². The minimum atomic E-state index is -0.361. The zero-order valence-electron chi connectivity index (χ0n) is 18.7. The van der Waals surface area contributed by atoms with Crippen molar-refractivity contribution in [2.24, 2.45) is 0 Å². The number of aromatic nitrogens is 3. The van der Waals surface area contributed by atoms with Crippen LogP contribution in [0.25, 0.3) is 11.4 Å². The highest BCUT2D eigenvalue weighted by molar-refractivity contribution is 8.00. The van der Waals surface area contributed by atoms with Crippen LogP contribution in [0, 0.1) is 0 Å². The van der Waals surface area contributed by atoms with Gasteiger partial charge in [0.05, 0.1) is 31.8 Å². The quantitative estimate of drug-likeness (QED) is 0.231. The maximum absolute atomic E-state index is 13.1. The number of carbonyl (C=O) groups is 1. The van der Waals surface area contributed by atoms with E-state index in [1.54, 1.807) is 25.5 Å². The molecule has 2 aromatic heterocycles. The van der Waals surface area contributed by atoms with Crippen LogP contribution in [0.1, 0.15) is 30.0 Å². The highest BCUT2D eigenvalue weighted by Gasteiger charge is 2.23. The minimum Gasteiger partial charge on any atom is -0.497 e. The SMILES string of the molecule is CCOc1ccc(C(=O)C(C)Sc2nnc(-c3cccc(OC)c3)n2Cc2ccco2)cc1. The van der Waals surface area contributed by atoms with Gasteiger partial charge in [0, 0.05) is 11.1 Å². The summed E-state index contributed by atoms with van der Waals surface area (Å²) < 4.78 is 18.4. The van der Waals surface area contributed by atoms with Gasteiger partial charge in [-0.1, -0.05) is 23.9 Å². The summed E-state index contributed by atoms with van der Waals surface area (Å²) in [6, 6.07) is 18.6. The van der Waals surface area contributed by atoms with E-state index < -0.39 is 0 Å². The topological polar surface area (TPSA) is 79.4 Å². The van der Waals surface area contributed by atoms with Crippen molar-refractivity contribution in [3.8, 4) is 22.9 Å². The second-order valence-corrected chi connectivity index (χ2v) is 8.59. The Labute approximate surface area is 196 Å². The molecule has 0 bridgehead atoms. The molecule has 33 heavy (non-hydrogen) atoms. The summed E-state index contributed by atoms with van der Waals surface area (Å²) in [4.78, 5) is 13.1. The molecule has 0 radical (unpaired) electrons. The molecule has 4 rings (SSSR count). The van der Waals surface area contributed by atoms with Crippen molar-refractivity contribution >= 4 is 17.5 Å². The largest absolute Gasteiger partial charge is 0.497 e. The molecule has 0 amide bonds. The Morgan fingerprint density at radius 3 is 2.61 bits per heavy atom. The van der Waals surface area contributed by atoms with Gasteiger partial charge < -0.3 is 13.9 Å². The zero-order valence-corrected chi connectivity index (χ0v) is 19.5. The molecule has 0 saturated heterocycles. The Balaban J connectivity index is 1.61. The fourth-order valence-electron chi connectivity index (χ4n) is 3.38. The second kappa shape index (κ2) is 10.4. The molecule has 0 aliphatic rings. The molecule has 0 aliphatic carbocycles. The Bertz CT molecular complexity index is 1200. The standard InChI is InChI=1S/C25H25N3O4S/c1-4-31-20-12-10-18(11-13-20)23(29)17(2)33-25-27-26-24(19-7-5-8-21(15-19)30-3)28(25)16-22-9-6-14-32-22/h5-15,17H,4,16H2,1-3H3. The van der Waals surface area contributed by atoms with Crippen LogP contribution in [-0.4, -0.2) is 39.5 Å². The van der Waals surface area contributed by atoms with E-state index in [0.717, 1.165) is 22.8 Å². The summed E-state index contributed by atoms with van der Waals surface area (Å²) in [5.74, 6) is 2.93. The van der Waals surface area contributed by atoms with E-state index in [4.69, 9.17) is 13.9 Å². The van der Waals surface area contributed by atoms with E-state index in [1.165, 1.54) is 11.8 Å². The predicted octanol–water partition coefficient (Wildman–Crippen LogP) is 5.36. The van der Waals surface area contributed by atoms with E-state index in [-0.39, 0.29) is 11.0 Å². The Morgan fingerprint density at radius 1 is 1.09 bits per heavy atom. The van der Waals surface area contributed by atoms with E-state index in [2.05, 4.69) is 10.2 Å². The van der Waals surface area contributed by atoms with Gasteiger partial charge in [-0.15, -0.1) is 10.2 Å². The number of hydrogen-bond acceptors (Lipinski definition) is 7. The van der Waals surface area contributed by atoms with Crippen molar-refractivity contribution < 1.29 is 18.7 Å².